The van der Waals surface area contributed by atoms with E-state index in [1.54, 1.807) is 6.07 Å². The van der Waals surface area contributed by atoms with E-state index < -0.39 is 0 Å². The SMILES string of the molecule is NCc1cc(F)c2cn[nH]c2c1. The Balaban J connectivity index is 2.75. The lowest BCUT2D eigenvalue weighted by molar-refractivity contribution is 0.637. The second-order valence-corrected chi connectivity index (χ2v) is 2.61. The number of hydrogen-bond acceptors (Lipinski definition) is 2. The van der Waals surface area contributed by atoms with Crippen LogP contribution in [0.1, 0.15) is 5.56 Å². The Labute approximate surface area is 68.4 Å². The van der Waals surface area contributed by atoms with Gasteiger partial charge in [-0.3, -0.25) is 5.10 Å². The molecule has 0 atom stereocenters. The summed E-state index contributed by atoms with van der Waals surface area (Å²) in [6.45, 7) is 0.339. The summed E-state index contributed by atoms with van der Waals surface area (Å²) in [4.78, 5) is 0. The molecule has 3 N–H and O–H groups in total. The molecule has 0 aliphatic rings. The van der Waals surface area contributed by atoms with Crippen molar-refractivity contribution in [2.75, 3.05) is 0 Å². The molecule has 0 bridgehead atoms. The molecule has 12 heavy (non-hydrogen) atoms. The quantitative estimate of drug-likeness (QED) is 0.666. The molecule has 1 aromatic heterocycles. The second-order valence-electron chi connectivity index (χ2n) is 2.61. The topological polar surface area (TPSA) is 54.7 Å². The summed E-state index contributed by atoms with van der Waals surface area (Å²) in [6, 6.07) is 3.23. The first-order chi connectivity index (χ1) is 5.81. The molecule has 0 radical (unpaired) electrons. The van der Waals surface area contributed by atoms with E-state index in [1.807, 2.05) is 0 Å². The molecular formula is C8H8FN3. The van der Waals surface area contributed by atoms with Crippen LogP contribution >= 0.6 is 0 Å². The van der Waals surface area contributed by atoms with E-state index in [9.17, 15) is 4.39 Å². The summed E-state index contributed by atoms with van der Waals surface area (Å²) >= 11 is 0. The average molecular weight is 165 g/mol. The highest BCUT2D eigenvalue weighted by atomic mass is 19.1. The number of aromatic nitrogens is 2. The minimum absolute atomic E-state index is 0.276. The number of benzene rings is 1. The Hall–Kier alpha value is -1.42. The van der Waals surface area contributed by atoms with Gasteiger partial charge in [0.15, 0.2) is 0 Å². The number of halogens is 1. The van der Waals surface area contributed by atoms with Crippen LogP contribution in [0.15, 0.2) is 18.3 Å². The third-order valence-corrected chi connectivity index (χ3v) is 1.80. The van der Waals surface area contributed by atoms with Crippen molar-refractivity contribution in [2.45, 2.75) is 6.54 Å². The summed E-state index contributed by atoms with van der Waals surface area (Å²) < 4.78 is 13.2. The Bertz CT molecular complexity index is 408. The van der Waals surface area contributed by atoms with Crippen LogP contribution < -0.4 is 5.73 Å². The molecular weight excluding hydrogens is 157 g/mol. The maximum atomic E-state index is 13.2. The Kier molecular flexibility index (Phi) is 1.55. The Morgan fingerprint density at radius 3 is 3.08 bits per heavy atom. The molecule has 0 aliphatic heterocycles. The molecule has 1 heterocycles. The van der Waals surface area contributed by atoms with E-state index >= 15 is 0 Å². The fourth-order valence-electron chi connectivity index (χ4n) is 1.18. The molecule has 1 aromatic carbocycles. The molecule has 3 nitrogen and oxygen atoms in total. The van der Waals surface area contributed by atoms with Gasteiger partial charge in [-0.05, 0) is 17.7 Å². The fourth-order valence-corrected chi connectivity index (χ4v) is 1.18. The van der Waals surface area contributed by atoms with Gasteiger partial charge in [-0.25, -0.2) is 4.39 Å². The van der Waals surface area contributed by atoms with Gasteiger partial charge in [-0.1, -0.05) is 0 Å². The van der Waals surface area contributed by atoms with E-state index in [2.05, 4.69) is 10.2 Å². The van der Waals surface area contributed by atoms with E-state index in [1.165, 1.54) is 12.3 Å². The van der Waals surface area contributed by atoms with E-state index in [0.717, 1.165) is 5.56 Å². The smallest absolute Gasteiger partial charge is 0.134 e. The van der Waals surface area contributed by atoms with Crippen molar-refractivity contribution in [3.63, 3.8) is 0 Å². The van der Waals surface area contributed by atoms with Crippen molar-refractivity contribution < 1.29 is 4.39 Å². The third-order valence-electron chi connectivity index (χ3n) is 1.80. The highest BCUT2D eigenvalue weighted by molar-refractivity contribution is 5.79. The van der Waals surface area contributed by atoms with Crippen LogP contribution in [0.4, 0.5) is 4.39 Å². The first-order valence-corrected chi connectivity index (χ1v) is 3.63. The molecule has 0 unspecified atom stereocenters. The lowest BCUT2D eigenvalue weighted by atomic mass is 10.1. The summed E-state index contributed by atoms with van der Waals surface area (Å²) in [5.74, 6) is -0.276. The van der Waals surface area contributed by atoms with Crippen LogP contribution in [0, 0.1) is 5.82 Å². The molecule has 2 rings (SSSR count). The van der Waals surface area contributed by atoms with Gasteiger partial charge in [0.2, 0.25) is 0 Å². The molecule has 0 fully saturated rings. The van der Waals surface area contributed by atoms with Gasteiger partial charge >= 0.3 is 0 Å². The summed E-state index contributed by atoms with van der Waals surface area (Å²) in [7, 11) is 0. The van der Waals surface area contributed by atoms with Crippen molar-refractivity contribution in [1.82, 2.24) is 10.2 Å². The van der Waals surface area contributed by atoms with E-state index in [0.29, 0.717) is 17.4 Å². The maximum absolute atomic E-state index is 13.2. The highest BCUT2D eigenvalue weighted by Gasteiger charge is 2.03. The molecule has 0 saturated heterocycles. The molecule has 2 aromatic rings. The van der Waals surface area contributed by atoms with Crippen LogP contribution in [-0.2, 0) is 6.54 Å². The van der Waals surface area contributed by atoms with Gasteiger partial charge in [-0.15, -0.1) is 0 Å². The van der Waals surface area contributed by atoms with Crippen molar-refractivity contribution in [3.05, 3.63) is 29.7 Å². The first kappa shape index (κ1) is 7.24. The maximum Gasteiger partial charge on any atom is 0.134 e. The molecule has 0 aliphatic carbocycles. The van der Waals surface area contributed by atoms with Crippen LogP contribution in [-0.4, -0.2) is 10.2 Å². The number of aromatic amines is 1. The van der Waals surface area contributed by atoms with Crippen molar-refractivity contribution in [2.24, 2.45) is 5.73 Å². The zero-order valence-corrected chi connectivity index (χ0v) is 6.34. The summed E-state index contributed by atoms with van der Waals surface area (Å²) in [5, 5.41) is 6.93. The standard InChI is InChI=1S/C8H8FN3/c9-7-1-5(3-10)2-8-6(7)4-11-12-8/h1-2,4H,3,10H2,(H,11,12). The zero-order valence-electron chi connectivity index (χ0n) is 6.34. The molecule has 62 valence electrons. The highest BCUT2D eigenvalue weighted by Crippen LogP contribution is 2.16. The summed E-state index contributed by atoms with van der Waals surface area (Å²) in [6.07, 6.45) is 1.46. The number of H-pyrrole nitrogens is 1. The van der Waals surface area contributed by atoms with Gasteiger partial charge in [0.05, 0.1) is 17.1 Å². The van der Waals surface area contributed by atoms with Crippen LogP contribution in [0.5, 0.6) is 0 Å². The van der Waals surface area contributed by atoms with Gasteiger partial charge in [-0.2, -0.15) is 5.10 Å². The third kappa shape index (κ3) is 0.967. The van der Waals surface area contributed by atoms with Crippen LogP contribution in [0.25, 0.3) is 10.9 Å². The lowest BCUT2D eigenvalue weighted by Crippen LogP contribution is -1.96. The normalized spacial score (nSPS) is 10.8. The number of nitrogens with zero attached hydrogens (tertiary/aromatic N) is 1. The first-order valence-electron chi connectivity index (χ1n) is 3.63. The van der Waals surface area contributed by atoms with E-state index in [4.69, 9.17) is 5.73 Å². The van der Waals surface area contributed by atoms with Crippen molar-refractivity contribution in [3.8, 4) is 0 Å². The number of fused-ring (bicyclic) bond motifs is 1. The molecule has 0 saturated carbocycles. The van der Waals surface area contributed by atoms with Crippen LogP contribution in [0.3, 0.4) is 0 Å². The number of nitrogens with one attached hydrogen (secondary N) is 1. The minimum Gasteiger partial charge on any atom is -0.326 e. The van der Waals surface area contributed by atoms with Gasteiger partial charge in [0.25, 0.3) is 0 Å². The minimum atomic E-state index is -0.276. The Morgan fingerprint density at radius 1 is 1.50 bits per heavy atom. The number of rotatable bonds is 1. The fraction of sp³-hybridized carbons (Fsp3) is 0.125. The molecule has 0 amide bonds. The largest absolute Gasteiger partial charge is 0.326 e. The van der Waals surface area contributed by atoms with Crippen molar-refractivity contribution >= 4 is 10.9 Å². The zero-order chi connectivity index (χ0) is 8.55. The predicted molar refractivity (Wildman–Crippen MR) is 43.9 cm³/mol. The van der Waals surface area contributed by atoms with Gasteiger partial charge in [0.1, 0.15) is 5.82 Å². The number of nitrogens with two attached hydrogens (primary N) is 1. The monoisotopic (exact) mass is 165 g/mol. The number of hydrogen-bond donors (Lipinski definition) is 2. The van der Waals surface area contributed by atoms with Crippen molar-refractivity contribution in [1.29, 1.82) is 0 Å². The van der Waals surface area contributed by atoms with E-state index in [-0.39, 0.29) is 5.82 Å². The second kappa shape index (κ2) is 2.57. The predicted octanol–water partition coefficient (Wildman–Crippen LogP) is 1.16. The lowest BCUT2D eigenvalue weighted by Gasteiger charge is -1.97. The molecule has 0 spiro atoms. The van der Waals surface area contributed by atoms with Gasteiger partial charge < -0.3 is 5.73 Å². The summed E-state index contributed by atoms with van der Waals surface area (Å²) in [5.41, 5.74) is 6.84. The average Bonchev–Trinajstić information content (AvgIpc) is 2.52. The molecule has 4 heteroatoms. The van der Waals surface area contributed by atoms with Crippen LogP contribution in [0.2, 0.25) is 0 Å². The van der Waals surface area contributed by atoms with Gasteiger partial charge in [0, 0.05) is 6.54 Å². The Morgan fingerprint density at radius 2 is 2.33 bits per heavy atom.